The molecule has 1 amide bonds. The van der Waals surface area contributed by atoms with Crippen molar-refractivity contribution in [3.63, 3.8) is 0 Å². The second-order valence-corrected chi connectivity index (χ2v) is 4.75. The number of amides is 1. The Morgan fingerprint density at radius 1 is 1.39 bits per heavy atom. The van der Waals surface area contributed by atoms with Crippen molar-refractivity contribution in [2.75, 3.05) is 11.9 Å². The van der Waals surface area contributed by atoms with E-state index in [-0.39, 0.29) is 17.2 Å². The maximum absolute atomic E-state index is 12.1. The number of nitrogens with one attached hydrogen (secondary N) is 2. The molecular formula is C12H17ClN4O. The quantitative estimate of drug-likeness (QED) is 0.805. The van der Waals surface area contributed by atoms with E-state index >= 15 is 0 Å². The van der Waals surface area contributed by atoms with E-state index in [1.54, 1.807) is 6.07 Å². The first-order valence-electron chi connectivity index (χ1n) is 6.28. The van der Waals surface area contributed by atoms with Gasteiger partial charge in [-0.25, -0.2) is 9.97 Å². The fourth-order valence-corrected chi connectivity index (χ4v) is 2.19. The van der Waals surface area contributed by atoms with Crippen LogP contribution in [0.1, 0.15) is 32.1 Å². The first-order valence-corrected chi connectivity index (χ1v) is 6.66. The lowest BCUT2D eigenvalue weighted by molar-refractivity contribution is -0.118. The van der Waals surface area contributed by atoms with E-state index in [1.165, 1.54) is 19.0 Å². The van der Waals surface area contributed by atoms with Crippen LogP contribution < -0.4 is 10.6 Å². The van der Waals surface area contributed by atoms with Gasteiger partial charge in [-0.15, -0.1) is 0 Å². The summed E-state index contributed by atoms with van der Waals surface area (Å²) in [5, 5.41) is 6.17. The van der Waals surface area contributed by atoms with Crippen LogP contribution in [0.4, 0.5) is 5.82 Å². The van der Waals surface area contributed by atoms with E-state index in [0.717, 1.165) is 25.8 Å². The van der Waals surface area contributed by atoms with Crippen LogP contribution >= 0.6 is 11.6 Å². The van der Waals surface area contributed by atoms with Crippen LogP contribution in [0.3, 0.4) is 0 Å². The Kier molecular flexibility index (Phi) is 4.90. The van der Waals surface area contributed by atoms with Gasteiger partial charge in [0.2, 0.25) is 11.2 Å². The Hall–Kier alpha value is -1.20. The third-order valence-electron chi connectivity index (χ3n) is 3.00. The first-order chi connectivity index (χ1) is 8.75. The number of nitrogens with zero attached hydrogens (tertiary/aromatic N) is 2. The Bertz CT molecular complexity index is 405. The summed E-state index contributed by atoms with van der Waals surface area (Å²) < 4.78 is 0. The van der Waals surface area contributed by atoms with Gasteiger partial charge >= 0.3 is 0 Å². The van der Waals surface area contributed by atoms with Crippen molar-refractivity contribution < 1.29 is 4.79 Å². The Labute approximate surface area is 111 Å². The van der Waals surface area contributed by atoms with Crippen molar-refractivity contribution in [2.45, 2.75) is 38.1 Å². The highest BCUT2D eigenvalue weighted by molar-refractivity contribution is 6.28. The average Bonchev–Trinajstić information content (AvgIpc) is 2.28. The van der Waals surface area contributed by atoms with Gasteiger partial charge in [-0.3, -0.25) is 4.79 Å². The number of hydrogen-bond acceptors (Lipinski definition) is 4. The fraction of sp³-hybridized carbons (Fsp3) is 0.583. The second-order valence-electron chi connectivity index (χ2n) is 4.41. The summed E-state index contributed by atoms with van der Waals surface area (Å²) in [7, 11) is 0. The summed E-state index contributed by atoms with van der Waals surface area (Å²) in [5.41, 5.74) is 0. The van der Waals surface area contributed by atoms with Crippen LogP contribution in [-0.2, 0) is 4.79 Å². The highest BCUT2D eigenvalue weighted by Crippen LogP contribution is 2.12. The zero-order chi connectivity index (χ0) is 12.8. The smallest absolute Gasteiger partial charge is 0.242 e. The van der Waals surface area contributed by atoms with Gasteiger partial charge in [-0.05, 0) is 37.1 Å². The Morgan fingerprint density at radius 3 is 3.06 bits per heavy atom. The number of carbonyl (C=O) groups excluding carboxylic acids is 1. The van der Waals surface area contributed by atoms with Crippen molar-refractivity contribution in [3.8, 4) is 0 Å². The van der Waals surface area contributed by atoms with Crippen molar-refractivity contribution >= 4 is 23.3 Å². The largest absolute Gasteiger partial charge is 0.309 e. The first kappa shape index (κ1) is 13.2. The minimum Gasteiger partial charge on any atom is -0.309 e. The van der Waals surface area contributed by atoms with Gasteiger partial charge in [0.05, 0.1) is 6.04 Å². The minimum absolute atomic E-state index is 0.0494. The molecule has 5 nitrogen and oxygen atoms in total. The van der Waals surface area contributed by atoms with Gasteiger partial charge < -0.3 is 10.6 Å². The molecule has 0 aliphatic carbocycles. The molecular weight excluding hydrogens is 252 g/mol. The normalized spacial score (nSPS) is 20.8. The molecule has 0 spiro atoms. The predicted molar refractivity (Wildman–Crippen MR) is 70.5 cm³/mol. The molecule has 2 N–H and O–H groups in total. The molecule has 1 aliphatic rings. The third kappa shape index (κ3) is 3.92. The zero-order valence-electron chi connectivity index (χ0n) is 10.2. The fourth-order valence-electron chi connectivity index (χ4n) is 2.05. The summed E-state index contributed by atoms with van der Waals surface area (Å²) in [5.74, 6) is 0.399. The average molecular weight is 269 g/mol. The number of carbonyl (C=O) groups is 1. The van der Waals surface area contributed by atoms with Crippen molar-refractivity contribution in [1.82, 2.24) is 15.3 Å². The monoisotopic (exact) mass is 268 g/mol. The summed E-state index contributed by atoms with van der Waals surface area (Å²) in [6, 6.07) is 1.49. The molecule has 1 saturated heterocycles. The predicted octanol–water partition coefficient (Wildman–Crippen LogP) is 1.99. The molecule has 1 unspecified atom stereocenters. The lowest BCUT2D eigenvalue weighted by Gasteiger charge is -2.20. The maximum atomic E-state index is 12.1. The number of anilines is 1. The van der Waals surface area contributed by atoms with Gasteiger partial charge in [0, 0.05) is 6.20 Å². The maximum Gasteiger partial charge on any atom is 0.242 e. The molecule has 0 aromatic carbocycles. The van der Waals surface area contributed by atoms with Crippen LogP contribution in [-0.4, -0.2) is 28.5 Å². The van der Waals surface area contributed by atoms with Crippen molar-refractivity contribution in [3.05, 3.63) is 17.5 Å². The van der Waals surface area contributed by atoms with E-state index < -0.39 is 0 Å². The van der Waals surface area contributed by atoms with Gasteiger partial charge in [0.25, 0.3) is 0 Å². The lowest BCUT2D eigenvalue weighted by Crippen LogP contribution is -2.41. The molecule has 1 aliphatic heterocycles. The summed E-state index contributed by atoms with van der Waals surface area (Å²) in [6.45, 7) is 0.891. The van der Waals surface area contributed by atoms with Crippen LogP contribution in [0.5, 0.6) is 0 Å². The third-order valence-corrected chi connectivity index (χ3v) is 3.19. The number of aromatic nitrogens is 2. The number of halogens is 1. The summed E-state index contributed by atoms with van der Waals surface area (Å²) in [4.78, 5) is 19.8. The molecule has 0 radical (unpaired) electrons. The molecule has 2 heterocycles. The Balaban J connectivity index is 1.93. The van der Waals surface area contributed by atoms with Gasteiger partial charge in [-0.1, -0.05) is 19.3 Å². The molecule has 0 bridgehead atoms. The minimum atomic E-state index is -0.140. The topological polar surface area (TPSA) is 66.9 Å². The van der Waals surface area contributed by atoms with Crippen LogP contribution in [0.25, 0.3) is 0 Å². The molecule has 1 aromatic rings. The lowest BCUT2D eigenvalue weighted by atomic mass is 10.0. The molecule has 1 atom stereocenters. The van der Waals surface area contributed by atoms with Crippen LogP contribution in [0, 0.1) is 0 Å². The SMILES string of the molecule is O=C(Nc1ccnc(Cl)n1)C1CCCCCCN1. The van der Waals surface area contributed by atoms with E-state index in [1.807, 2.05) is 0 Å². The van der Waals surface area contributed by atoms with E-state index in [0.29, 0.717) is 5.82 Å². The van der Waals surface area contributed by atoms with E-state index in [4.69, 9.17) is 11.6 Å². The Morgan fingerprint density at radius 2 is 2.22 bits per heavy atom. The van der Waals surface area contributed by atoms with Crippen LogP contribution in [0.2, 0.25) is 5.28 Å². The van der Waals surface area contributed by atoms with Crippen molar-refractivity contribution in [2.24, 2.45) is 0 Å². The number of hydrogen-bond donors (Lipinski definition) is 2. The molecule has 6 heteroatoms. The standard InChI is InChI=1S/C12H17ClN4O/c13-12-15-8-6-10(17-12)16-11(18)9-5-3-1-2-4-7-14-9/h6,8-9,14H,1-5,7H2,(H,15,16,17,18). The molecule has 98 valence electrons. The van der Waals surface area contributed by atoms with Gasteiger partial charge in [-0.2, -0.15) is 0 Å². The highest BCUT2D eigenvalue weighted by atomic mass is 35.5. The molecule has 0 saturated carbocycles. The molecule has 2 rings (SSSR count). The molecule has 18 heavy (non-hydrogen) atoms. The highest BCUT2D eigenvalue weighted by Gasteiger charge is 2.19. The van der Waals surface area contributed by atoms with Gasteiger partial charge in [0.1, 0.15) is 5.82 Å². The van der Waals surface area contributed by atoms with Gasteiger partial charge in [0.15, 0.2) is 0 Å². The summed E-state index contributed by atoms with van der Waals surface area (Å²) >= 11 is 5.67. The number of rotatable bonds is 2. The van der Waals surface area contributed by atoms with Crippen LogP contribution in [0.15, 0.2) is 12.3 Å². The van der Waals surface area contributed by atoms with E-state index in [2.05, 4.69) is 20.6 Å². The second kappa shape index (κ2) is 6.66. The molecule has 1 fully saturated rings. The van der Waals surface area contributed by atoms with E-state index in [9.17, 15) is 4.79 Å². The van der Waals surface area contributed by atoms with Crippen molar-refractivity contribution in [1.29, 1.82) is 0 Å². The zero-order valence-corrected chi connectivity index (χ0v) is 10.9. The molecule has 1 aromatic heterocycles. The summed E-state index contributed by atoms with van der Waals surface area (Å²) in [6.07, 6.45) is 7.04.